The number of para-hydroxylation sites is 1. The smallest absolute Gasteiger partial charge is 0.255 e. The minimum atomic E-state index is -0.0884. The third kappa shape index (κ3) is 3.39. The number of pyridine rings is 1. The van der Waals surface area contributed by atoms with E-state index in [2.05, 4.69) is 15.6 Å². The molecule has 0 spiro atoms. The second-order valence-electron chi connectivity index (χ2n) is 5.46. The van der Waals surface area contributed by atoms with Gasteiger partial charge in [-0.2, -0.15) is 0 Å². The van der Waals surface area contributed by atoms with Crippen LogP contribution >= 0.6 is 11.6 Å². The molecule has 0 radical (unpaired) electrons. The Morgan fingerprint density at radius 3 is 2.68 bits per heavy atom. The third-order valence-electron chi connectivity index (χ3n) is 3.87. The molecule has 114 valence electrons. The predicted molar refractivity (Wildman–Crippen MR) is 88.7 cm³/mol. The van der Waals surface area contributed by atoms with Crippen molar-refractivity contribution in [1.29, 1.82) is 0 Å². The Bertz CT molecular complexity index is 668. The Kier molecular flexibility index (Phi) is 4.59. The highest BCUT2D eigenvalue weighted by atomic mass is 35.5. The van der Waals surface area contributed by atoms with Gasteiger partial charge in [-0.1, -0.05) is 36.6 Å². The second kappa shape index (κ2) is 6.79. The van der Waals surface area contributed by atoms with Gasteiger partial charge in [-0.3, -0.25) is 4.79 Å². The SMILES string of the molecule is O=C(NC1CCCC1)c1cccnc1Nc1ccccc1Cl. The van der Waals surface area contributed by atoms with Crippen LogP contribution in [0.15, 0.2) is 42.6 Å². The molecule has 1 amide bonds. The molecule has 0 unspecified atom stereocenters. The highest BCUT2D eigenvalue weighted by Gasteiger charge is 2.20. The average Bonchev–Trinajstić information content (AvgIpc) is 3.03. The van der Waals surface area contributed by atoms with Crippen LogP contribution < -0.4 is 10.6 Å². The van der Waals surface area contributed by atoms with Crippen molar-refractivity contribution in [2.75, 3.05) is 5.32 Å². The van der Waals surface area contributed by atoms with Crippen molar-refractivity contribution in [3.05, 3.63) is 53.2 Å². The molecule has 1 aromatic heterocycles. The van der Waals surface area contributed by atoms with E-state index in [0.717, 1.165) is 18.5 Å². The van der Waals surface area contributed by atoms with Crippen LogP contribution in [0.2, 0.25) is 5.02 Å². The lowest BCUT2D eigenvalue weighted by molar-refractivity contribution is 0.0938. The molecule has 5 heteroatoms. The molecule has 0 bridgehead atoms. The van der Waals surface area contributed by atoms with E-state index in [1.54, 1.807) is 24.4 Å². The molecule has 1 saturated carbocycles. The van der Waals surface area contributed by atoms with Gasteiger partial charge in [0.05, 0.1) is 16.3 Å². The van der Waals surface area contributed by atoms with E-state index in [1.165, 1.54) is 12.8 Å². The van der Waals surface area contributed by atoms with E-state index >= 15 is 0 Å². The van der Waals surface area contributed by atoms with Gasteiger partial charge in [-0.25, -0.2) is 4.98 Å². The maximum atomic E-state index is 12.5. The van der Waals surface area contributed by atoms with Crippen LogP contribution in [0.5, 0.6) is 0 Å². The number of halogens is 1. The molecule has 1 fully saturated rings. The van der Waals surface area contributed by atoms with Crippen LogP contribution in [0.25, 0.3) is 0 Å². The van der Waals surface area contributed by atoms with E-state index in [9.17, 15) is 4.79 Å². The van der Waals surface area contributed by atoms with E-state index in [0.29, 0.717) is 16.4 Å². The number of carbonyl (C=O) groups is 1. The minimum absolute atomic E-state index is 0.0884. The molecule has 1 heterocycles. The summed E-state index contributed by atoms with van der Waals surface area (Å²) in [7, 11) is 0. The first-order chi connectivity index (χ1) is 10.7. The largest absolute Gasteiger partial charge is 0.349 e. The van der Waals surface area contributed by atoms with Gasteiger partial charge in [0.15, 0.2) is 0 Å². The number of anilines is 2. The zero-order valence-corrected chi connectivity index (χ0v) is 12.9. The first-order valence-corrected chi connectivity index (χ1v) is 7.89. The number of nitrogens with one attached hydrogen (secondary N) is 2. The summed E-state index contributed by atoms with van der Waals surface area (Å²) in [6.45, 7) is 0. The van der Waals surface area contributed by atoms with Gasteiger partial charge in [-0.05, 0) is 37.1 Å². The summed E-state index contributed by atoms with van der Waals surface area (Å²) in [5, 5.41) is 6.82. The zero-order valence-electron chi connectivity index (χ0n) is 12.2. The van der Waals surface area contributed by atoms with Gasteiger partial charge in [0.25, 0.3) is 5.91 Å². The molecule has 2 N–H and O–H groups in total. The molecule has 0 atom stereocenters. The van der Waals surface area contributed by atoms with E-state index in [4.69, 9.17) is 11.6 Å². The van der Waals surface area contributed by atoms with Crippen molar-refractivity contribution in [1.82, 2.24) is 10.3 Å². The number of hydrogen-bond acceptors (Lipinski definition) is 3. The number of nitrogens with zero attached hydrogens (tertiary/aromatic N) is 1. The van der Waals surface area contributed by atoms with Crippen molar-refractivity contribution < 1.29 is 4.79 Å². The monoisotopic (exact) mass is 315 g/mol. The number of amides is 1. The van der Waals surface area contributed by atoms with E-state index in [1.807, 2.05) is 18.2 Å². The van der Waals surface area contributed by atoms with Gasteiger partial charge < -0.3 is 10.6 Å². The van der Waals surface area contributed by atoms with Gasteiger partial charge >= 0.3 is 0 Å². The number of hydrogen-bond donors (Lipinski definition) is 2. The van der Waals surface area contributed by atoms with Crippen molar-refractivity contribution in [2.45, 2.75) is 31.7 Å². The molecule has 0 saturated heterocycles. The standard InChI is InChI=1S/C17H18ClN3O/c18-14-9-3-4-10-15(14)21-16-13(8-5-11-19-16)17(22)20-12-6-1-2-7-12/h3-5,8-12H,1-2,6-7H2,(H,19,21)(H,20,22). The summed E-state index contributed by atoms with van der Waals surface area (Å²) >= 11 is 6.15. The van der Waals surface area contributed by atoms with Crippen molar-refractivity contribution in [2.24, 2.45) is 0 Å². The fourth-order valence-electron chi connectivity index (χ4n) is 2.71. The van der Waals surface area contributed by atoms with Crippen molar-refractivity contribution >= 4 is 29.0 Å². The lowest BCUT2D eigenvalue weighted by atomic mass is 10.2. The summed E-state index contributed by atoms with van der Waals surface area (Å²) in [6, 6.07) is 11.2. The van der Waals surface area contributed by atoms with Crippen LogP contribution in [0.1, 0.15) is 36.0 Å². The minimum Gasteiger partial charge on any atom is -0.349 e. The maximum Gasteiger partial charge on any atom is 0.255 e. The van der Waals surface area contributed by atoms with Crippen LogP contribution in [0, 0.1) is 0 Å². The Labute approximate surface area is 134 Å². The third-order valence-corrected chi connectivity index (χ3v) is 4.20. The van der Waals surface area contributed by atoms with Gasteiger partial charge in [0.2, 0.25) is 0 Å². The Morgan fingerprint density at radius 1 is 1.14 bits per heavy atom. The molecule has 1 aliphatic carbocycles. The highest BCUT2D eigenvalue weighted by Crippen LogP contribution is 2.26. The van der Waals surface area contributed by atoms with Gasteiger partial charge in [-0.15, -0.1) is 0 Å². The average molecular weight is 316 g/mol. The van der Waals surface area contributed by atoms with Crippen molar-refractivity contribution in [3.63, 3.8) is 0 Å². The Morgan fingerprint density at radius 2 is 1.91 bits per heavy atom. The van der Waals surface area contributed by atoms with Crippen LogP contribution in [0.4, 0.5) is 11.5 Å². The van der Waals surface area contributed by atoms with Crippen LogP contribution in [-0.4, -0.2) is 16.9 Å². The fraction of sp³-hybridized carbons (Fsp3) is 0.294. The number of benzene rings is 1. The molecule has 3 rings (SSSR count). The van der Waals surface area contributed by atoms with E-state index in [-0.39, 0.29) is 11.9 Å². The predicted octanol–water partition coefficient (Wildman–Crippen LogP) is 4.15. The van der Waals surface area contributed by atoms with E-state index < -0.39 is 0 Å². The number of rotatable bonds is 4. The lowest BCUT2D eigenvalue weighted by Crippen LogP contribution is -2.33. The summed E-state index contributed by atoms with van der Waals surface area (Å²) in [4.78, 5) is 16.8. The second-order valence-corrected chi connectivity index (χ2v) is 5.87. The lowest BCUT2D eigenvalue weighted by Gasteiger charge is -2.15. The molecule has 22 heavy (non-hydrogen) atoms. The van der Waals surface area contributed by atoms with Crippen molar-refractivity contribution in [3.8, 4) is 0 Å². The highest BCUT2D eigenvalue weighted by molar-refractivity contribution is 6.33. The molecule has 2 aromatic rings. The molecule has 1 aliphatic rings. The molecule has 1 aromatic carbocycles. The maximum absolute atomic E-state index is 12.5. The Balaban J connectivity index is 1.80. The first kappa shape index (κ1) is 14.9. The molecular formula is C17H18ClN3O. The summed E-state index contributed by atoms with van der Waals surface area (Å²) in [6.07, 6.45) is 6.13. The summed E-state index contributed by atoms with van der Waals surface area (Å²) in [5.41, 5.74) is 1.27. The topological polar surface area (TPSA) is 54.0 Å². The van der Waals surface area contributed by atoms with Crippen LogP contribution in [-0.2, 0) is 0 Å². The van der Waals surface area contributed by atoms with Crippen LogP contribution in [0.3, 0.4) is 0 Å². The zero-order chi connectivity index (χ0) is 15.4. The van der Waals surface area contributed by atoms with Gasteiger partial charge in [0.1, 0.15) is 5.82 Å². The summed E-state index contributed by atoms with van der Waals surface area (Å²) in [5.74, 6) is 0.431. The fourth-order valence-corrected chi connectivity index (χ4v) is 2.89. The quantitative estimate of drug-likeness (QED) is 0.891. The molecule has 0 aliphatic heterocycles. The summed E-state index contributed by atoms with van der Waals surface area (Å²) < 4.78 is 0. The number of carbonyl (C=O) groups excluding carboxylic acids is 1. The normalized spacial score (nSPS) is 14.8. The number of aromatic nitrogens is 1. The first-order valence-electron chi connectivity index (χ1n) is 7.51. The molecule has 4 nitrogen and oxygen atoms in total. The Hall–Kier alpha value is -2.07. The molecular weight excluding hydrogens is 298 g/mol. The van der Waals surface area contributed by atoms with Gasteiger partial charge in [0, 0.05) is 12.2 Å².